The zero-order valence-electron chi connectivity index (χ0n) is 10.5. The molecule has 3 nitrogen and oxygen atoms in total. The molecule has 0 bridgehead atoms. The van der Waals surface area contributed by atoms with Crippen LogP contribution in [0.5, 0.6) is 0 Å². The highest BCUT2D eigenvalue weighted by Crippen LogP contribution is 2.19. The zero-order chi connectivity index (χ0) is 13.7. The van der Waals surface area contributed by atoms with Gasteiger partial charge in [-0.2, -0.15) is 0 Å². The van der Waals surface area contributed by atoms with Crippen molar-refractivity contribution in [3.63, 3.8) is 0 Å². The minimum atomic E-state index is -0.540. The highest BCUT2D eigenvalue weighted by molar-refractivity contribution is 9.10. The molecular formula is C13H18BrFN2O. The summed E-state index contributed by atoms with van der Waals surface area (Å²) in [5, 5.41) is 2.76. The highest BCUT2D eigenvalue weighted by Gasteiger charge is 2.19. The fraction of sp³-hybridized carbons (Fsp3) is 0.462. The molecule has 1 aromatic carbocycles. The van der Waals surface area contributed by atoms with Crippen LogP contribution >= 0.6 is 15.9 Å². The number of hydrogen-bond acceptors (Lipinski definition) is 2. The van der Waals surface area contributed by atoms with Gasteiger partial charge >= 0.3 is 0 Å². The van der Waals surface area contributed by atoms with Crippen LogP contribution in [0.25, 0.3) is 0 Å². The van der Waals surface area contributed by atoms with Gasteiger partial charge in [0.1, 0.15) is 5.82 Å². The van der Waals surface area contributed by atoms with E-state index in [0.717, 1.165) is 6.42 Å². The third kappa shape index (κ3) is 4.07. The average molecular weight is 317 g/mol. The number of benzene rings is 1. The predicted octanol–water partition coefficient (Wildman–Crippen LogP) is 2.69. The zero-order valence-corrected chi connectivity index (χ0v) is 12.1. The summed E-state index contributed by atoms with van der Waals surface area (Å²) in [6.07, 6.45) is 0.772. The molecule has 0 radical (unpaired) electrons. The lowest BCUT2D eigenvalue weighted by atomic mass is 10.0. The van der Waals surface area contributed by atoms with Crippen LogP contribution in [-0.4, -0.2) is 18.5 Å². The average Bonchev–Trinajstić information content (AvgIpc) is 2.27. The third-order valence-electron chi connectivity index (χ3n) is 2.57. The van der Waals surface area contributed by atoms with Crippen molar-refractivity contribution in [1.82, 2.24) is 5.32 Å². The second-order valence-corrected chi connectivity index (χ2v) is 5.49. The largest absolute Gasteiger partial charge is 0.348 e. The maximum atomic E-state index is 13.6. The predicted molar refractivity (Wildman–Crippen MR) is 73.9 cm³/mol. The molecule has 0 aliphatic heterocycles. The van der Waals surface area contributed by atoms with Crippen molar-refractivity contribution in [1.29, 1.82) is 0 Å². The lowest BCUT2D eigenvalue weighted by Crippen LogP contribution is -2.41. The Hall–Kier alpha value is -0.940. The Kier molecular flexibility index (Phi) is 5.75. The van der Waals surface area contributed by atoms with E-state index >= 15 is 0 Å². The van der Waals surface area contributed by atoms with Gasteiger partial charge in [-0.25, -0.2) is 4.39 Å². The summed E-state index contributed by atoms with van der Waals surface area (Å²) in [4.78, 5) is 12.0. The smallest absolute Gasteiger partial charge is 0.255 e. The first-order chi connectivity index (χ1) is 8.45. The van der Waals surface area contributed by atoms with Gasteiger partial charge in [0, 0.05) is 17.1 Å². The molecule has 0 saturated heterocycles. The summed E-state index contributed by atoms with van der Waals surface area (Å²) in [5.74, 6) is -0.554. The number of carbonyl (C=O) groups is 1. The van der Waals surface area contributed by atoms with Crippen molar-refractivity contribution in [3.8, 4) is 0 Å². The Morgan fingerprint density at radius 1 is 1.50 bits per heavy atom. The number of nitrogens with one attached hydrogen (secondary N) is 1. The molecule has 100 valence electrons. The lowest BCUT2D eigenvalue weighted by Gasteiger charge is -2.19. The normalized spacial score (nSPS) is 12.6. The summed E-state index contributed by atoms with van der Waals surface area (Å²) in [5.41, 5.74) is 5.63. The van der Waals surface area contributed by atoms with Gasteiger partial charge in [-0.3, -0.25) is 4.79 Å². The van der Waals surface area contributed by atoms with Crippen LogP contribution < -0.4 is 11.1 Å². The Morgan fingerprint density at radius 3 is 2.67 bits per heavy atom. The lowest BCUT2D eigenvalue weighted by molar-refractivity contribution is 0.0929. The van der Waals surface area contributed by atoms with Crippen molar-refractivity contribution >= 4 is 21.8 Å². The molecule has 0 saturated carbocycles. The fourth-order valence-corrected chi connectivity index (χ4v) is 2.28. The molecule has 0 aromatic heterocycles. The summed E-state index contributed by atoms with van der Waals surface area (Å²) in [7, 11) is 0. The third-order valence-corrected chi connectivity index (χ3v) is 3.23. The van der Waals surface area contributed by atoms with Crippen LogP contribution in [0.3, 0.4) is 0 Å². The molecule has 3 N–H and O–H groups in total. The van der Waals surface area contributed by atoms with Gasteiger partial charge in [0.15, 0.2) is 0 Å². The summed E-state index contributed by atoms with van der Waals surface area (Å²) in [6.45, 7) is 4.44. The molecule has 1 atom stereocenters. The van der Waals surface area contributed by atoms with E-state index in [0.29, 0.717) is 16.9 Å². The van der Waals surface area contributed by atoms with Crippen LogP contribution in [0, 0.1) is 11.7 Å². The monoisotopic (exact) mass is 316 g/mol. The van der Waals surface area contributed by atoms with Crippen LogP contribution in [0.15, 0.2) is 22.7 Å². The second kappa shape index (κ2) is 6.85. The molecule has 5 heteroatoms. The van der Waals surface area contributed by atoms with E-state index < -0.39 is 11.7 Å². The molecule has 1 unspecified atom stereocenters. The van der Waals surface area contributed by atoms with E-state index in [-0.39, 0.29) is 11.6 Å². The maximum Gasteiger partial charge on any atom is 0.255 e. The van der Waals surface area contributed by atoms with Gasteiger partial charge in [-0.15, -0.1) is 0 Å². The maximum absolute atomic E-state index is 13.6. The topological polar surface area (TPSA) is 55.1 Å². The quantitative estimate of drug-likeness (QED) is 0.877. The molecule has 0 aliphatic rings. The van der Waals surface area contributed by atoms with Gasteiger partial charge < -0.3 is 11.1 Å². The molecule has 0 aliphatic carbocycles. The molecule has 1 aromatic rings. The molecule has 18 heavy (non-hydrogen) atoms. The standard InChI is InChI=1S/C13H18BrFN2O/c1-8(2)6-9(7-16)17-13(18)12-10(14)4-3-5-11(12)15/h3-5,8-9H,6-7,16H2,1-2H3,(H,17,18). The Morgan fingerprint density at radius 2 is 2.17 bits per heavy atom. The number of hydrogen-bond donors (Lipinski definition) is 2. The van der Waals surface area contributed by atoms with Crippen molar-refractivity contribution in [2.75, 3.05) is 6.54 Å². The van der Waals surface area contributed by atoms with E-state index in [4.69, 9.17) is 5.73 Å². The number of nitrogens with two attached hydrogens (primary N) is 1. The van der Waals surface area contributed by atoms with Crippen LogP contribution in [0.2, 0.25) is 0 Å². The summed E-state index contributed by atoms with van der Waals surface area (Å²) in [6, 6.07) is 4.31. The highest BCUT2D eigenvalue weighted by atomic mass is 79.9. The molecule has 0 fully saturated rings. The fourth-order valence-electron chi connectivity index (χ4n) is 1.76. The van der Waals surface area contributed by atoms with E-state index in [1.807, 2.05) is 13.8 Å². The van der Waals surface area contributed by atoms with Crippen LogP contribution in [0.1, 0.15) is 30.6 Å². The van der Waals surface area contributed by atoms with Crippen molar-refractivity contribution < 1.29 is 9.18 Å². The Bertz CT molecular complexity index is 403. The minimum absolute atomic E-state index is 0.0275. The molecule has 0 heterocycles. The molecule has 0 spiro atoms. The van der Waals surface area contributed by atoms with Crippen LogP contribution in [-0.2, 0) is 0 Å². The van der Waals surface area contributed by atoms with E-state index in [1.54, 1.807) is 12.1 Å². The molecule has 1 amide bonds. The van der Waals surface area contributed by atoms with E-state index in [9.17, 15) is 9.18 Å². The molecular weight excluding hydrogens is 299 g/mol. The van der Waals surface area contributed by atoms with Gasteiger partial charge in [-0.1, -0.05) is 19.9 Å². The minimum Gasteiger partial charge on any atom is -0.348 e. The first-order valence-corrected chi connectivity index (χ1v) is 6.70. The first kappa shape index (κ1) is 15.1. The Labute approximate surface area is 115 Å². The van der Waals surface area contributed by atoms with Crippen LogP contribution in [0.4, 0.5) is 4.39 Å². The van der Waals surface area contributed by atoms with Crippen molar-refractivity contribution in [3.05, 3.63) is 34.1 Å². The van der Waals surface area contributed by atoms with Gasteiger partial charge in [0.2, 0.25) is 0 Å². The number of carbonyl (C=O) groups excluding carboxylic acids is 1. The second-order valence-electron chi connectivity index (χ2n) is 4.63. The SMILES string of the molecule is CC(C)CC(CN)NC(=O)c1c(F)cccc1Br. The first-order valence-electron chi connectivity index (χ1n) is 5.90. The number of amides is 1. The number of halogens is 2. The molecule has 1 rings (SSSR count). The Balaban J connectivity index is 2.81. The van der Waals surface area contributed by atoms with E-state index in [2.05, 4.69) is 21.2 Å². The van der Waals surface area contributed by atoms with Crippen molar-refractivity contribution in [2.24, 2.45) is 11.7 Å². The van der Waals surface area contributed by atoms with Gasteiger partial charge in [-0.05, 0) is 40.4 Å². The summed E-state index contributed by atoms with van der Waals surface area (Å²) >= 11 is 3.18. The van der Waals surface area contributed by atoms with E-state index in [1.165, 1.54) is 6.07 Å². The van der Waals surface area contributed by atoms with Gasteiger partial charge in [0.05, 0.1) is 5.56 Å². The number of rotatable bonds is 5. The summed E-state index contributed by atoms with van der Waals surface area (Å²) < 4.78 is 14.0. The van der Waals surface area contributed by atoms with Gasteiger partial charge in [0.25, 0.3) is 5.91 Å². The van der Waals surface area contributed by atoms with Crippen molar-refractivity contribution in [2.45, 2.75) is 26.3 Å².